The van der Waals surface area contributed by atoms with E-state index in [1.807, 2.05) is 54.3 Å². The molecule has 1 fully saturated rings. The molecule has 2 aromatic rings. The summed E-state index contributed by atoms with van der Waals surface area (Å²) in [5.41, 5.74) is 2.72. The standard InChI is InChI=1S/C25H31N3O3/c1-18-7-6-8-20(15-18)26-24(30)28-13-11-25(12-14-28)17-19(16-23(29)27(2)3)21-9-4-5-10-22(21)31-25/h4-10,15,19H,11-14,16-17H2,1-3H3,(H,26,30). The molecule has 1 N–H and O–H groups in total. The quantitative estimate of drug-likeness (QED) is 0.799. The minimum Gasteiger partial charge on any atom is -0.487 e. The van der Waals surface area contributed by atoms with Crippen LogP contribution in [0.5, 0.6) is 5.75 Å². The lowest BCUT2D eigenvalue weighted by molar-refractivity contribution is -0.129. The average Bonchev–Trinajstić information content (AvgIpc) is 2.74. The van der Waals surface area contributed by atoms with Gasteiger partial charge in [-0.1, -0.05) is 30.3 Å². The lowest BCUT2D eigenvalue weighted by atomic mass is 9.76. The number of likely N-dealkylation sites (tertiary alicyclic amines) is 1. The number of hydrogen-bond donors (Lipinski definition) is 1. The number of piperidine rings is 1. The number of rotatable bonds is 3. The highest BCUT2D eigenvalue weighted by Crippen LogP contribution is 2.46. The van der Waals surface area contributed by atoms with Crippen molar-refractivity contribution >= 4 is 17.6 Å². The van der Waals surface area contributed by atoms with Crippen LogP contribution in [0.2, 0.25) is 0 Å². The number of para-hydroxylation sites is 1. The van der Waals surface area contributed by atoms with Gasteiger partial charge in [-0.15, -0.1) is 0 Å². The molecule has 4 rings (SSSR count). The number of urea groups is 1. The highest BCUT2D eigenvalue weighted by Gasteiger charge is 2.44. The number of aryl methyl sites for hydroxylation is 1. The Bertz CT molecular complexity index is 964. The SMILES string of the molecule is Cc1cccc(NC(=O)N2CCC3(CC2)CC(CC(=O)N(C)C)c2ccccc2O3)c1. The van der Waals surface area contributed by atoms with Gasteiger partial charge < -0.3 is 19.9 Å². The first kappa shape index (κ1) is 21.2. The van der Waals surface area contributed by atoms with Crippen LogP contribution in [-0.4, -0.2) is 54.5 Å². The van der Waals surface area contributed by atoms with Gasteiger partial charge >= 0.3 is 6.03 Å². The van der Waals surface area contributed by atoms with Gasteiger partial charge in [-0.25, -0.2) is 4.79 Å². The van der Waals surface area contributed by atoms with Crippen molar-refractivity contribution in [3.05, 3.63) is 59.7 Å². The third kappa shape index (κ3) is 4.68. The van der Waals surface area contributed by atoms with Gasteiger partial charge in [0.1, 0.15) is 11.4 Å². The van der Waals surface area contributed by atoms with Crippen molar-refractivity contribution in [1.82, 2.24) is 9.80 Å². The van der Waals surface area contributed by atoms with Crippen LogP contribution < -0.4 is 10.1 Å². The summed E-state index contributed by atoms with van der Waals surface area (Å²) in [7, 11) is 3.60. The second-order valence-electron chi connectivity index (χ2n) is 9.00. The number of anilines is 1. The van der Waals surface area contributed by atoms with Gasteiger partial charge in [0.25, 0.3) is 0 Å². The first-order chi connectivity index (χ1) is 14.8. The van der Waals surface area contributed by atoms with E-state index < -0.39 is 0 Å². The van der Waals surface area contributed by atoms with Crippen LogP contribution in [0.4, 0.5) is 10.5 Å². The van der Waals surface area contributed by atoms with Crippen molar-refractivity contribution < 1.29 is 14.3 Å². The minimum atomic E-state index is -0.328. The average molecular weight is 422 g/mol. The number of nitrogens with zero attached hydrogens (tertiary/aromatic N) is 2. The molecule has 31 heavy (non-hydrogen) atoms. The van der Waals surface area contributed by atoms with E-state index in [0.29, 0.717) is 19.5 Å². The summed E-state index contributed by atoms with van der Waals surface area (Å²) in [6.45, 7) is 3.28. The number of carbonyl (C=O) groups is 2. The van der Waals surface area contributed by atoms with Crippen LogP contribution in [0.1, 0.15) is 42.7 Å². The second-order valence-corrected chi connectivity index (χ2v) is 9.00. The molecule has 6 nitrogen and oxygen atoms in total. The molecule has 0 radical (unpaired) electrons. The third-order valence-electron chi connectivity index (χ3n) is 6.45. The Morgan fingerprint density at radius 2 is 1.87 bits per heavy atom. The Hall–Kier alpha value is -3.02. The van der Waals surface area contributed by atoms with Crippen LogP contribution in [-0.2, 0) is 4.79 Å². The third-order valence-corrected chi connectivity index (χ3v) is 6.45. The van der Waals surface area contributed by atoms with Gasteiger partial charge in [-0.2, -0.15) is 0 Å². The van der Waals surface area contributed by atoms with Crippen molar-refractivity contribution in [2.24, 2.45) is 0 Å². The van der Waals surface area contributed by atoms with Crippen molar-refractivity contribution in [3.8, 4) is 5.75 Å². The summed E-state index contributed by atoms with van der Waals surface area (Å²) in [5.74, 6) is 1.14. The Kier molecular flexibility index (Phi) is 5.90. The summed E-state index contributed by atoms with van der Waals surface area (Å²) < 4.78 is 6.51. The van der Waals surface area contributed by atoms with Crippen molar-refractivity contribution in [3.63, 3.8) is 0 Å². The fraction of sp³-hybridized carbons (Fsp3) is 0.440. The molecule has 1 unspecified atom stereocenters. The fourth-order valence-corrected chi connectivity index (χ4v) is 4.67. The maximum Gasteiger partial charge on any atom is 0.321 e. The highest BCUT2D eigenvalue weighted by molar-refractivity contribution is 5.89. The molecular formula is C25H31N3O3. The van der Waals surface area contributed by atoms with Crippen LogP contribution in [0.25, 0.3) is 0 Å². The number of amides is 3. The van der Waals surface area contributed by atoms with E-state index in [2.05, 4.69) is 11.4 Å². The maximum absolute atomic E-state index is 12.8. The molecule has 0 aliphatic carbocycles. The predicted octanol–water partition coefficient (Wildman–Crippen LogP) is 4.41. The number of ether oxygens (including phenoxy) is 1. The smallest absolute Gasteiger partial charge is 0.321 e. The largest absolute Gasteiger partial charge is 0.487 e. The molecule has 164 valence electrons. The van der Waals surface area contributed by atoms with Gasteiger partial charge in [-0.05, 0) is 42.7 Å². The van der Waals surface area contributed by atoms with Crippen molar-refractivity contribution in [2.75, 3.05) is 32.5 Å². The molecule has 1 spiro atoms. The molecule has 1 saturated heterocycles. The van der Waals surface area contributed by atoms with Gasteiger partial charge in [0, 0.05) is 58.1 Å². The number of nitrogens with one attached hydrogen (secondary N) is 1. The van der Waals surface area contributed by atoms with Crippen LogP contribution >= 0.6 is 0 Å². The molecule has 2 heterocycles. The Labute approximate surface area is 184 Å². The lowest BCUT2D eigenvalue weighted by Crippen LogP contribution is -2.52. The molecule has 1 atom stereocenters. The van der Waals surface area contributed by atoms with E-state index in [-0.39, 0.29) is 23.5 Å². The number of benzene rings is 2. The number of fused-ring (bicyclic) bond motifs is 1. The highest BCUT2D eigenvalue weighted by atomic mass is 16.5. The fourth-order valence-electron chi connectivity index (χ4n) is 4.67. The second kappa shape index (κ2) is 8.61. The minimum absolute atomic E-state index is 0.0732. The molecule has 2 aliphatic rings. The van der Waals surface area contributed by atoms with Gasteiger partial charge in [0.2, 0.25) is 5.91 Å². The Morgan fingerprint density at radius 3 is 2.58 bits per heavy atom. The zero-order chi connectivity index (χ0) is 22.0. The molecular weight excluding hydrogens is 390 g/mol. The van der Waals surface area contributed by atoms with E-state index in [9.17, 15) is 9.59 Å². The molecule has 3 amide bonds. The molecule has 0 aromatic heterocycles. The summed E-state index contributed by atoms with van der Waals surface area (Å²) in [4.78, 5) is 28.7. The summed E-state index contributed by atoms with van der Waals surface area (Å²) >= 11 is 0. The molecule has 0 bridgehead atoms. The van der Waals surface area contributed by atoms with E-state index in [0.717, 1.165) is 41.8 Å². The monoisotopic (exact) mass is 421 g/mol. The van der Waals surface area contributed by atoms with Gasteiger partial charge in [0.05, 0.1) is 0 Å². The van der Waals surface area contributed by atoms with E-state index in [1.54, 1.807) is 19.0 Å². The summed E-state index contributed by atoms with van der Waals surface area (Å²) in [6, 6.07) is 15.8. The molecule has 2 aromatic carbocycles. The Morgan fingerprint density at radius 1 is 1.13 bits per heavy atom. The van der Waals surface area contributed by atoms with Crippen LogP contribution in [0.15, 0.2) is 48.5 Å². The van der Waals surface area contributed by atoms with Gasteiger partial charge in [0.15, 0.2) is 0 Å². The van der Waals surface area contributed by atoms with E-state index in [1.165, 1.54) is 0 Å². The first-order valence-electron chi connectivity index (χ1n) is 11.0. The van der Waals surface area contributed by atoms with Crippen LogP contribution in [0.3, 0.4) is 0 Å². The van der Waals surface area contributed by atoms with E-state index in [4.69, 9.17) is 4.74 Å². The van der Waals surface area contributed by atoms with Gasteiger partial charge in [-0.3, -0.25) is 4.79 Å². The predicted molar refractivity (Wildman–Crippen MR) is 121 cm³/mol. The zero-order valence-electron chi connectivity index (χ0n) is 18.6. The van der Waals surface area contributed by atoms with Crippen molar-refractivity contribution in [1.29, 1.82) is 0 Å². The summed E-state index contributed by atoms with van der Waals surface area (Å²) in [5, 5.41) is 3.00. The topological polar surface area (TPSA) is 61.9 Å². The normalized spacial score (nSPS) is 19.3. The number of carbonyl (C=O) groups excluding carboxylic acids is 2. The first-order valence-corrected chi connectivity index (χ1v) is 11.0. The van der Waals surface area contributed by atoms with Crippen molar-refractivity contribution in [2.45, 2.75) is 44.1 Å². The number of hydrogen-bond acceptors (Lipinski definition) is 3. The molecule has 2 aliphatic heterocycles. The maximum atomic E-state index is 12.8. The summed E-state index contributed by atoms with van der Waals surface area (Å²) in [6.07, 6.45) is 2.80. The zero-order valence-corrected chi connectivity index (χ0v) is 18.6. The van der Waals surface area contributed by atoms with Crippen LogP contribution in [0, 0.1) is 6.92 Å². The Balaban J connectivity index is 1.44. The van der Waals surface area contributed by atoms with E-state index >= 15 is 0 Å². The molecule has 0 saturated carbocycles. The lowest BCUT2D eigenvalue weighted by Gasteiger charge is -2.47. The molecule has 6 heteroatoms.